The molecule has 0 atom stereocenters. The Kier molecular flexibility index (Phi) is 6.61. The third kappa shape index (κ3) is 4.85. The van der Waals surface area contributed by atoms with E-state index in [1.54, 1.807) is 0 Å². The quantitative estimate of drug-likeness (QED) is 0.580. The van der Waals surface area contributed by atoms with Crippen LogP contribution in [0.4, 0.5) is 4.39 Å². The molecule has 0 radical (unpaired) electrons. The van der Waals surface area contributed by atoms with Gasteiger partial charge in [-0.2, -0.15) is 0 Å². The van der Waals surface area contributed by atoms with E-state index in [1.165, 1.54) is 0 Å². The summed E-state index contributed by atoms with van der Waals surface area (Å²) >= 11 is 0. The second kappa shape index (κ2) is 6.57. The van der Waals surface area contributed by atoms with Crippen molar-refractivity contribution in [2.45, 2.75) is 32.9 Å². The summed E-state index contributed by atoms with van der Waals surface area (Å²) in [5, 5.41) is 0. The largest absolute Gasteiger partial charge is 0.395 e. The topological polar surface area (TPSA) is 18.5 Å². The van der Waals surface area contributed by atoms with E-state index in [4.69, 9.17) is 8.85 Å². The molecule has 0 aliphatic heterocycles. The van der Waals surface area contributed by atoms with E-state index >= 15 is 0 Å². The first-order valence-electron chi connectivity index (χ1n) is 4.52. The van der Waals surface area contributed by atoms with Crippen molar-refractivity contribution in [3.63, 3.8) is 0 Å². The Morgan fingerprint density at radius 3 is 2.00 bits per heavy atom. The minimum atomic E-state index is -2.01. The van der Waals surface area contributed by atoms with Gasteiger partial charge in [-0.3, -0.25) is 4.39 Å². The number of rotatable bonds is 7. The summed E-state index contributed by atoms with van der Waals surface area (Å²) in [5.74, 6) is 0. The van der Waals surface area contributed by atoms with Crippen LogP contribution < -0.4 is 0 Å². The Morgan fingerprint density at radius 2 is 1.67 bits per heavy atom. The first-order chi connectivity index (χ1) is 5.68. The van der Waals surface area contributed by atoms with Crippen LogP contribution in [0.5, 0.6) is 0 Å². The molecule has 0 N–H and O–H groups in total. The minimum absolute atomic E-state index is 0.275. The number of hydrogen-bond donors (Lipinski definition) is 0. The van der Waals surface area contributed by atoms with Crippen LogP contribution in [-0.2, 0) is 8.85 Å². The van der Waals surface area contributed by atoms with Crippen molar-refractivity contribution in [1.29, 1.82) is 0 Å². The van der Waals surface area contributed by atoms with Gasteiger partial charge in [-0.1, -0.05) is 0 Å². The van der Waals surface area contributed by atoms with Crippen LogP contribution >= 0.6 is 0 Å². The first kappa shape index (κ1) is 12.1. The third-order valence-electron chi connectivity index (χ3n) is 1.66. The fourth-order valence-electron chi connectivity index (χ4n) is 1.18. The van der Waals surface area contributed by atoms with E-state index in [2.05, 4.69) is 0 Å². The highest BCUT2D eigenvalue weighted by molar-refractivity contribution is 6.66. The van der Waals surface area contributed by atoms with Gasteiger partial charge in [-0.05, 0) is 32.9 Å². The summed E-state index contributed by atoms with van der Waals surface area (Å²) in [6, 6.07) is 0.755. The molecule has 0 aromatic heterocycles. The van der Waals surface area contributed by atoms with Gasteiger partial charge in [-0.15, -0.1) is 0 Å². The number of alkyl halides is 1. The summed E-state index contributed by atoms with van der Waals surface area (Å²) in [6.45, 7) is 6.93. The maximum Gasteiger partial charge on any atom is 0.335 e. The van der Waals surface area contributed by atoms with E-state index in [1.807, 2.05) is 20.4 Å². The predicted octanol–water partition coefficient (Wildman–Crippen LogP) is 2.49. The highest BCUT2D eigenvalue weighted by Gasteiger charge is 2.29. The van der Waals surface area contributed by atoms with Gasteiger partial charge in [0.1, 0.15) is 0 Å². The van der Waals surface area contributed by atoms with Crippen LogP contribution in [-0.4, -0.2) is 28.4 Å². The normalized spacial score (nSPS) is 12.0. The maximum absolute atomic E-state index is 11.9. The van der Waals surface area contributed by atoms with E-state index < -0.39 is 8.56 Å². The van der Waals surface area contributed by atoms with E-state index in [-0.39, 0.29) is 6.67 Å². The highest BCUT2D eigenvalue weighted by atomic mass is 28.4. The van der Waals surface area contributed by atoms with Gasteiger partial charge in [0.05, 0.1) is 6.67 Å². The molecule has 0 aliphatic carbocycles. The van der Waals surface area contributed by atoms with Gasteiger partial charge in [0, 0.05) is 13.2 Å². The first-order valence-corrected chi connectivity index (χ1v) is 7.04. The van der Waals surface area contributed by atoms with Crippen LogP contribution in [0.25, 0.3) is 0 Å². The molecule has 0 heterocycles. The molecule has 0 aromatic rings. The molecule has 0 spiro atoms. The van der Waals surface area contributed by atoms with Crippen LogP contribution in [0, 0.1) is 0 Å². The van der Waals surface area contributed by atoms with Crippen LogP contribution in [0.3, 0.4) is 0 Å². The Labute approximate surface area is 75.3 Å². The average Bonchev–Trinajstić information content (AvgIpc) is 2.02. The summed E-state index contributed by atoms with van der Waals surface area (Å²) in [6.07, 6.45) is 0.558. The van der Waals surface area contributed by atoms with Gasteiger partial charge in [-0.25, -0.2) is 0 Å². The van der Waals surface area contributed by atoms with Crippen molar-refractivity contribution >= 4 is 8.56 Å². The van der Waals surface area contributed by atoms with Gasteiger partial charge in [0.2, 0.25) is 0 Å². The summed E-state index contributed by atoms with van der Waals surface area (Å²) in [7, 11) is -2.01. The molecule has 0 aliphatic rings. The third-order valence-corrected chi connectivity index (χ3v) is 4.72. The maximum atomic E-state index is 11.9. The summed E-state index contributed by atoms with van der Waals surface area (Å²) in [5.41, 5.74) is 0. The molecule has 0 rings (SSSR count). The fraction of sp³-hybridized carbons (Fsp3) is 1.00. The smallest absolute Gasteiger partial charge is 0.335 e. The molecular formula is C8H19FO2Si. The standard InChI is InChI=1S/C8H19FO2Si/c1-4-10-12(3,11-5-2)8-6-7-9/h4-8H2,1-3H3. The molecule has 0 aromatic carbocycles. The average molecular weight is 194 g/mol. The van der Waals surface area contributed by atoms with Crippen LogP contribution in [0.2, 0.25) is 12.6 Å². The lowest BCUT2D eigenvalue weighted by molar-refractivity contribution is 0.187. The van der Waals surface area contributed by atoms with Crippen molar-refractivity contribution < 1.29 is 13.2 Å². The van der Waals surface area contributed by atoms with Crippen LogP contribution in [0.15, 0.2) is 0 Å². The summed E-state index contributed by atoms with van der Waals surface area (Å²) in [4.78, 5) is 0. The van der Waals surface area contributed by atoms with Crippen molar-refractivity contribution in [2.75, 3.05) is 19.9 Å². The lowest BCUT2D eigenvalue weighted by Gasteiger charge is -2.25. The SMILES string of the molecule is CCO[Si](C)(CCCF)OCC. The second-order valence-electron chi connectivity index (χ2n) is 2.79. The second-order valence-corrected chi connectivity index (χ2v) is 6.14. The number of hydrogen-bond acceptors (Lipinski definition) is 2. The predicted molar refractivity (Wildman–Crippen MR) is 50.3 cm³/mol. The van der Waals surface area contributed by atoms with Gasteiger partial charge < -0.3 is 8.85 Å². The van der Waals surface area contributed by atoms with Crippen LogP contribution in [0.1, 0.15) is 20.3 Å². The lowest BCUT2D eigenvalue weighted by atomic mass is 10.6. The molecule has 0 unspecified atom stereocenters. The molecule has 2 nitrogen and oxygen atoms in total. The van der Waals surface area contributed by atoms with E-state index in [0.29, 0.717) is 19.6 Å². The lowest BCUT2D eigenvalue weighted by Crippen LogP contribution is -2.38. The Balaban J connectivity index is 3.80. The Morgan fingerprint density at radius 1 is 1.17 bits per heavy atom. The monoisotopic (exact) mass is 194 g/mol. The molecule has 0 fully saturated rings. The van der Waals surface area contributed by atoms with Crippen molar-refractivity contribution in [1.82, 2.24) is 0 Å². The zero-order valence-corrected chi connectivity index (χ0v) is 9.23. The molecule has 0 bridgehead atoms. The van der Waals surface area contributed by atoms with E-state index in [9.17, 15) is 4.39 Å². The van der Waals surface area contributed by atoms with Crippen molar-refractivity contribution in [2.24, 2.45) is 0 Å². The molecular weight excluding hydrogens is 175 g/mol. The van der Waals surface area contributed by atoms with Gasteiger partial charge >= 0.3 is 8.56 Å². The zero-order valence-electron chi connectivity index (χ0n) is 8.23. The molecule has 74 valence electrons. The minimum Gasteiger partial charge on any atom is -0.395 e. The van der Waals surface area contributed by atoms with Crippen molar-refractivity contribution in [3.05, 3.63) is 0 Å². The van der Waals surface area contributed by atoms with Gasteiger partial charge in [0.25, 0.3) is 0 Å². The van der Waals surface area contributed by atoms with E-state index in [0.717, 1.165) is 6.04 Å². The van der Waals surface area contributed by atoms with Crippen molar-refractivity contribution in [3.8, 4) is 0 Å². The highest BCUT2D eigenvalue weighted by Crippen LogP contribution is 2.15. The van der Waals surface area contributed by atoms with Gasteiger partial charge in [0.15, 0.2) is 0 Å². The Bertz CT molecular complexity index is 105. The molecule has 4 heteroatoms. The summed E-state index contributed by atoms with van der Waals surface area (Å²) < 4.78 is 23.0. The fourth-order valence-corrected chi connectivity index (χ4v) is 3.55. The number of halogens is 1. The molecule has 0 amide bonds. The molecule has 0 saturated carbocycles. The Hall–Kier alpha value is 0.0669. The molecule has 12 heavy (non-hydrogen) atoms. The zero-order chi connectivity index (χ0) is 9.45. The molecule has 0 saturated heterocycles.